The average molecular weight is 350 g/mol. The van der Waals surface area contributed by atoms with Crippen molar-refractivity contribution in [1.82, 2.24) is 0 Å². The first kappa shape index (κ1) is 18.7. The van der Waals surface area contributed by atoms with Gasteiger partial charge in [0.1, 0.15) is 12.7 Å². The molecule has 3 N–H and O–H groups in total. The fraction of sp³-hybridized carbons (Fsp3) is 0.850. The van der Waals surface area contributed by atoms with Gasteiger partial charge in [0, 0.05) is 12.5 Å². The van der Waals surface area contributed by atoms with Crippen molar-refractivity contribution in [3.63, 3.8) is 0 Å². The van der Waals surface area contributed by atoms with E-state index < -0.39 is 12.1 Å². The molecule has 0 amide bonds. The molecule has 3 saturated carbocycles. The van der Waals surface area contributed by atoms with E-state index in [1.165, 1.54) is 12.8 Å². The second-order valence-electron chi connectivity index (χ2n) is 8.10. The third-order valence-electron chi connectivity index (χ3n) is 6.41. The Bertz CT molecular complexity index is 516. The summed E-state index contributed by atoms with van der Waals surface area (Å²) in [5, 5.41) is 29.2. The summed E-state index contributed by atoms with van der Waals surface area (Å²) in [5.41, 5.74) is 0. The lowest BCUT2D eigenvalue weighted by molar-refractivity contribution is -0.142. The van der Waals surface area contributed by atoms with E-state index in [-0.39, 0.29) is 18.6 Å². The minimum atomic E-state index is -0.928. The molecule has 0 bridgehead atoms. The quantitative estimate of drug-likeness (QED) is 0.504. The van der Waals surface area contributed by atoms with Crippen LogP contribution in [-0.4, -0.2) is 46.7 Å². The molecule has 3 fully saturated rings. The number of ether oxygens (including phenoxy) is 1. The molecule has 0 aromatic rings. The lowest BCUT2D eigenvalue weighted by Gasteiger charge is -2.18. The maximum absolute atomic E-state index is 10.5. The molecule has 0 aliphatic heterocycles. The van der Waals surface area contributed by atoms with E-state index in [1.807, 2.05) is 0 Å². The molecular weight excluding hydrogens is 320 g/mol. The first-order valence-corrected chi connectivity index (χ1v) is 9.71. The van der Waals surface area contributed by atoms with Gasteiger partial charge in [-0.15, -0.1) is 0 Å². The number of aliphatic hydroxyl groups excluding tert-OH is 2. The summed E-state index contributed by atoms with van der Waals surface area (Å²) in [5.74, 6) is 7.06. The van der Waals surface area contributed by atoms with Crippen LogP contribution in [-0.2, 0) is 9.53 Å². The molecule has 0 heterocycles. The lowest BCUT2D eigenvalue weighted by Crippen LogP contribution is -2.20. The molecule has 3 aliphatic rings. The van der Waals surface area contributed by atoms with Gasteiger partial charge in [0.15, 0.2) is 0 Å². The number of fused-ring (bicyclic) bond motifs is 1. The van der Waals surface area contributed by atoms with Gasteiger partial charge in [-0.1, -0.05) is 24.7 Å². The zero-order valence-electron chi connectivity index (χ0n) is 14.8. The van der Waals surface area contributed by atoms with Gasteiger partial charge in [0.2, 0.25) is 0 Å². The summed E-state index contributed by atoms with van der Waals surface area (Å²) in [6, 6.07) is 0. The van der Waals surface area contributed by atoms with Crippen LogP contribution in [0.25, 0.3) is 0 Å². The van der Waals surface area contributed by atoms with Crippen molar-refractivity contribution in [3.05, 3.63) is 0 Å². The minimum Gasteiger partial charge on any atom is -0.480 e. The summed E-state index contributed by atoms with van der Waals surface area (Å²) in [6.45, 7) is 0.251. The highest BCUT2D eigenvalue weighted by atomic mass is 16.5. The van der Waals surface area contributed by atoms with Crippen molar-refractivity contribution < 1.29 is 24.9 Å². The Morgan fingerprint density at radius 3 is 2.68 bits per heavy atom. The number of hydrogen-bond donors (Lipinski definition) is 3. The van der Waals surface area contributed by atoms with E-state index >= 15 is 0 Å². The van der Waals surface area contributed by atoms with E-state index in [0.717, 1.165) is 38.5 Å². The Labute approximate surface area is 149 Å². The highest BCUT2D eigenvalue weighted by Crippen LogP contribution is 2.50. The first-order chi connectivity index (χ1) is 12.0. The summed E-state index contributed by atoms with van der Waals surface area (Å²) >= 11 is 0. The zero-order valence-corrected chi connectivity index (χ0v) is 14.8. The molecule has 5 heteroatoms. The van der Waals surface area contributed by atoms with Crippen LogP contribution < -0.4 is 0 Å². The molecule has 3 rings (SSSR count). The second kappa shape index (κ2) is 8.53. The predicted molar refractivity (Wildman–Crippen MR) is 92.6 cm³/mol. The van der Waals surface area contributed by atoms with Crippen molar-refractivity contribution in [3.8, 4) is 11.8 Å². The first-order valence-electron chi connectivity index (χ1n) is 9.71. The average Bonchev–Trinajstić information content (AvgIpc) is 3.26. The Hall–Kier alpha value is -1.09. The number of rotatable bonds is 6. The van der Waals surface area contributed by atoms with Crippen LogP contribution in [0.5, 0.6) is 0 Å². The highest BCUT2D eigenvalue weighted by Gasteiger charge is 2.47. The van der Waals surface area contributed by atoms with E-state index in [9.17, 15) is 15.0 Å². The van der Waals surface area contributed by atoms with Gasteiger partial charge in [0.25, 0.3) is 0 Å². The monoisotopic (exact) mass is 350 g/mol. The third-order valence-corrected chi connectivity index (χ3v) is 6.41. The number of hydrogen-bond acceptors (Lipinski definition) is 4. The van der Waals surface area contributed by atoms with Crippen molar-refractivity contribution in [2.45, 2.75) is 63.6 Å². The molecule has 0 radical (unpaired) electrons. The van der Waals surface area contributed by atoms with Gasteiger partial charge in [-0.2, -0.15) is 0 Å². The fourth-order valence-corrected chi connectivity index (χ4v) is 5.15. The molecule has 140 valence electrons. The van der Waals surface area contributed by atoms with Crippen LogP contribution in [0.4, 0.5) is 0 Å². The standard InChI is InChI=1S/C20H30O5/c21-18(14-3-1-2-4-14)6-5-16-17-10-13(7-8-25-12-20(23)24)9-15(17)11-19(16)22/h13-19,21-22H,1-4,7-12H2,(H,23,24)/t13?,15-,16+,17-,18?,19+/m1/s1. The van der Waals surface area contributed by atoms with Crippen molar-refractivity contribution in [2.75, 3.05) is 13.2 Å². The van der Waals surface area contributed by atoms with Crippen LogP contribution in [0.2, 0.25) is 0 Å². The van der Waals surface area contributed by atoms with Gasteiger partial charge < -0.3 is 20.1 Å². The maximum Gasteiger partial charge on any atom is 0.329 e. The number of aliphatic carboxylic acids is 1. The van der Waals surface area contributed by atoms with E-state index in [0.29, 0.717) is 30.3 Å². The SMILES string of the molecule is O=C(O)COCCC1C[C@@H]2C[C@H](O)[C@@H](C#CC(O)C3CCCC3)[C@@H]2C1. The van der Waals surface area contributed by atoms with Gasteiger partial charge >= 0.3 is 5.97 Å². The van der Waals surface area contributed by atoms with Crippen molar-refractivity contribution in [2.24, 2.45) is 29.6 Å². The summed E-state index contributed by atoms with van der Waals surface area (Å²) in [4.78, 5) is 10.5. The molecule has 3 aliphatic carbocycles. The molecule has 0 aromatic heterocycles. The van der Waals surface area contributed by atoms with Crippen molar-refractivity contribution in [1.29, 1.82) is 0 Å². The van der Waals surface area contributed by atoms with Gasteiger partial charge in [-0.05, 0) is 62.2 Å². The Morgan fingerprint density at radius 2 is 1.96 bits per heavy atom. The van der Waals surface area contributed by atoms with Crippen LogP contribution in [0, 0.1) is 41.4 Å². The Morgan fingerprint density at radius 1 is 1.20 bits per heavy atom. The molecule has 25 heavy (non-hydrogen) atoms. The summed E-state index contributed by atoms with van der Waals surface area (Å²) < 4.78 is 5.15. The van der Waals surface area contributed by atoms with Crippen LogP contribution in [0.3, 0.4) is 0 Å². The molecule has 0 spiro atoms. The molecular formula is C20H30O5. The predicted octanol–water partition coefficient (Wildman–Crippen LogP) is 2.06. The summed E-state index contributed by atoms with van der Waals surface area (Å²) in [6.07, 6.45) is 7.35. The van der Waals surface area contributed by atoms with Crippen LogP contribution in [0.1, 0.15) is 51.4 Å². The molecule has 6 atom stereocenters. The van der Waals surface area contributed by atoms with Gasteiger partial charge in [-0.3, -0.25) is 0 Å². The summed E-state index contributed by atoms with van der Waals surface area (Å²) in [7, 11) is 0. The largest absolute Gasteiger partial charge is 0.480 e. The van der Waals surface area contributed by atoms with E-state index in [1.54, 1.807) is 0 Å². The lowest BCUT2D eigenvalue weighted by atomic mass is 9.90. The number of carboxylic acids is 1. The molecule has 0 saturated heterocycles. The van der Waals surface area contributed by atoms with Crippen LogP contribution >= 0.6 is 0 Å². The fourth-order valence-electron chi connectivity index (χ4n) is 5.15. The van der Waals surface area contributed by atoms with Crippen molar-refractivity contribution >= 4 is 5.97 Å². The molecule has 0 aromatic carbocycles. The second-order valence-corrected chi connectivity index (χ2v) is 8.10. The van der Waals surface area contributed by atoms with E-state index in [4.69, 9.17) is 9.84 Å². The topological polar surface area (TPSA) is 87.0 Å². The maximum atomic E-state index is 10.5. The Balaban J connectivity index is 1.49. The molecule has 2 unspecified atom stereocenters. The number of carboxylic acid groups (broad SMARTS) is 1. The zero-order chi connectivity index (χ0) is 17.8. The van der Waals surface area contributed by atoms with Gasteiger partial charge in [-0.25, -0.2) is 4.79 Å². The number of carbonyl (C=O) groups is 1. The minimum absolute atomic E-state index is 0.0222. The smallest absolute Gasteiger partial charge is 0.329 e. The number of aliphatic hydroxyl groups is 2. The Kier molecular flexibility index (Phi) is 6.38. The molecule has 5 nitrogen and oxygen atoms in total. The van der Waals surface area contributed by atoms with Gasteiger partial charge in [0.05, 0.1) is 6.10 Å². The third kappa shape index (κ3) is 4.75. The van der Waals surface area contributed by atoms with Crippen LogP contribution in [0.15, 0.2) is 0 Å². The normalized spacial score (nSPS) is 36.0. The van der Waals surface area contributed by atoms with E-state index in [2.05, 4.69) is 11.8 Å². The highest BCUT2D eigenvalue weighted by molar-refractivity contribution is 5.67.